The van der Waals surface area contributed by atoms with Gasteiger partial charge in [-0.2, -0.15) is 5.26 Å². The zero-order valence-electron chi connectivity index (χ0n) is 17.5. The Labute approximate surface area is 182 Å². The average Bonchev–Trinajstić information content (AvgIpc) is 3.25. The highest BCUT2D eigenvalue weighted by molar-refractivity contribution is 7.10. The smallest absolute Gasteiger partial charge is 0.279 e. The van der Waals surface area contributed by atoms with Gasteiger partial charge in [-0.05, 0) is 47.0 Å². The van der Waals surface area contributed by atoms with Gasteiger partial charge >= 0.3 is 0 Å². The highest BCUT2D eigenvalue weighted by Crippen LogP contribution is 2.23. The van der Waals surface area contributed by atoms with Crippen molar-refractivity contribution in [2.45, 2.75) is 32.7 Å². The molecule has 5 heteroatoms. The number of rotatable bonds is 9. The first-order valence-electron chi connectivity index (χ1n) is 10.3. The van der Waals surface area contributed by atoms with Crippen LogP contribution >= 0.6 is 11.3 Å². The van der Waals surface area contributed by atoms with E-state index in [1.807, 2.05) is 24.3 Å². The van der Waals surface area contributed by atoms with Crippen molar-refractivity contribution in [3.05, 3.63) is 87.6 Å². The van der Waals surface area contributed by atoms with Crippen molar-refractivity contribution in [2.75, 3.05) is 11.9 Å². The van der Waals surface area contributed by atoms with Crippen LogP contribution in [0.3, 0.4) is 0 Å². The molecule has 0 unspecified atom stereocenters. The molecule has 1 heterocycles. The minimum absolute atomic E-state index is 0.0407. The number of nitriles is 1. The summed E-state index contributed by atoms with van der Waals surface area (Å²) in [7, 11) is 0. The van der Waals surface area contributed by atoms with Crippen LogP contribution in [0.5, 0.6) is 0 Å². The van der Waals surface area contributed by atoms with E-state index >= 15 is 0 Å². The van der Waals surface area contributed by atoms with E-state index in [0.29, 0.717) is 18.9 Å². The van der Waals surface area contributed by atoms with Gasteiger partial charge < -0.3 is 10.6 Å². The first kappa shape index (κ1) is 21.8. The third kappa shape index (κ3) is 6.28. The predicted octanol–water partition coefficient (Wildman–Crippen LogP) is 4.30. The summed E-state index contributed by atoms with van der Waals surface area (Å²) in [5, 5.41) is 15.9. The second kappa shape index (κ2) is 10.7. The highest BCUT2D eigenvalue weighted by atomic mass is 32.1. The molecular formula is C25H28N3OS+. The van der Waals surface area contributed by atoms with Crippen LogP contribution in [0.15, 0.2) is 66.0 Å². The maximum absolute atomic E-state index is 12.5. The fourth-order valence-electron chi connectivity index (χ4n) is 3.45. The Hall–Kier alpha value is -2.94. The predicted molar refractivity (Wildman–Crippen MR) is 122 cm³/mol. The zero-order chi connectivity index (χ0) is 21.3. The first-order chi connectivity index (χ1) is 14.5. The molecule has 30 heavy (non-hydrogen) atoms. The summed E-state index contributed by atoms with van der Waals surface area (Å²) in [6.07, 6.45) is 1.45. The molecule has 0 saturated carbocycles. The Bertz CT molecular complexity index is 971. The van der Waals surface area contributed by atoms with E-state index < -0.39 is 0 Å². The quantitative estimate of drug-likeness (QED) is 0.544. The van der Waals surface area contributed by atoms with Crippen molar-refractivity contribution in [3.63, 3.8) is 0 Å². The molecule has 4 nitrogen and oxygen atoms in total. The van der Waals surface area contributed by atoms with Gasteiger partial charge in [0, 0.05) is 11.3 Å². The van der Waals surface area contributed by atoms with Gasteiger partial charge in [-0.1, -0.05) is 56.3 Å². The van der Waals surface area contributed by atoms with E-state index in [0.717, 1.165) is 17.7 Å². The van der Waals surface area contributed by atoms with Gasteiger partial charge in [0.05, 0.1) is 17.4 Å². The van der Waals surface area contributed by atoms with E-state index in [9.17, 15) is 4.79 Å². The first-order valence-corrected chi connectivity index (χ1v) is 11.1. The lowest BCUT2D eigenvalue weighted by molar-refractivity contribution is -0.675. The number of nitrogens with one attached hydrogen (secondary N) is 1. The van der Waals surface area contributed by atoms with Gasteiger partial charge in [0.25, 0.3) is 5.91 Å². The normalized spacial score (nSPS) is 11.8. The summed E-state index contributed by atoms with van der Waals surface area (Å²) >= 11 is 1.71. The van der Waals surface area contributed by atoms with Gasteiger partial charge in [-0.15, -0.1) is 11.3 Å². The van der Waals surface area contributed by atoms with Crippen LogP contribution in [-0.2, 0) is 17.6 Å². The van der Waals surface area contributed by atoms with Crippen molar-refractivity contribution in [1.29, 1.82) is 5.26 Å². The number of benzene rings is 2. The van der Waals surface area contributed by atoms with Crippen molar-refractivity contribution in [2.24, 2.45) is 5.92 Å². The Morgan fingerprint density at radius 3 is 2.37 bits per heavy atom. The van der Waals surface area contributed by atoms with Crippen molar-refractivity contribution < 1.29 is 10.1 Å². The second-order valence-electron chi connectivity index (χ2n) is 7.85. The second-order valence-corrected chi connectivity index (χ2v) is 8.83. The molecule has 0 saturated heterocycles. The molecule has 0 radical (unpaired) electrons. The SMILES string of the molecule is CC(C)Cc1ccc([C@H]([NH2+]CC(=O)Nc2ccc(CC#N)cc2)c2cccs2)cc1. The number of nitrogens with two attached hydrogens (primary N) is 1. The Morgan fingerprint density at radius 2 is 1.77 bits per heavy atom. The standard InChI is InChI=1S/C25H27N3OS/c1-18(2)16-20-5-9-21(10-6-20)25(23-4-3-15-30-23)27-17-24(29)28-22-11-7-19(8-12-22)13-14-26/h3-12,15,18,25,27H,13,16-17H2,1-2H3,(H,28,29)/p+1/t25-/m0/s1. The van der Waals surface area contributed by atoms with E-state index in [4.69, 9.17) is 5.26 Å². The summed E-state index contributed by atoms with van der Waals surface area (Å²) in [5.74, 6) is 0.592. The third-order valence-corrected chi connectivity index (χ3v) is 5.85. The molecule has 0 fully saturated rings. The van der Waals surface area contributed by atoms with Gasteiger partial charge in [-0.25, -0.2) is 0 Å². The molecule has 0 bridgehead atoms. The monoisotopic (exact) mass is 418 g/mol. The Kier molecular flexibility index (Phi) is 7.78. The molecule has 3 aromatic rings. The molecule has 3 rings (SSSR count). The number of thiophene rings is 1. The molecule has 0 aliphatic heterocycles. The lowest BCUT2D eigenvalue weighted by Gasteiger charge is -2.16. The molecule has 1 atom stereocenters. The number of carbonyl (C=O) groups is 1. The van der Waals surface area contributed by atoms with Crippen molar-refractivity contribution in [1.82, 2.24) is 0 Å². The summed E-state index contributed by atoms with van der Waals surface area (Å²) < 4.78 is 0. The van der Waals surface area contributed by atoms with E-state index in [1.54, 1.807) is 11.3 Å². The Morgan fingerprint density at radius 1 is 1.07 bits per heavy atom. The summed E-state index contributed by atoms with van der Waals surface area (Å²) in [5.41, 5.74) is 4.25. The van der Waals surface area contributed by atoms with Crippen molar-refractivity contribution >= 4 is 22.9 Å². The number of nitrogens with zero attached hydrogens (tertiary/aromatic N) is 1. The molecule has 0 aliphatic rings. The van der Waals surface area contributed by atoms with E-state index in [-0.39, 0.29) is 11.9 Å². The number of quaternary nitrogens is 1. The number of anilines is 1. The van der Waals surface area contributed by atoms with E-state index in [1.165, 1.54) is 16.0 Å². The van der Waals surface area contributed by atoms with Crippen LogP contribution in [0.1, 0.15) is 41.5 Å². The molecular weight excluding hydrogens is 390 g/mol. The summed E-state index contributed by atoms with van der Waals surface area (Å²) in [4.78, 5) is 13.7. The number of carbonyl (C=O) groups excluding carboxylic acids is 1. The van der Waals surface area contributed by atoms with Crippen LogP contribution in [0.4, 0.5) is 5.69 Å². The van der Waals surface area contributed by atoms with E-state index in [2.05, 4.69) is 72.3 Å². The number of hydrogen-bond acceptors (Lipinski definition) is 3. The van der Waals surface area contributed by atoms with Gasteiger partial charge in [0.15, 0.2) is 6.54 Å². The molecule has 2 aromatic carbocycles. The number of amides is 1. The fourth-order valence-corrected chi connectivity index (χ4v) is 4.30. The minimum Gasteiger partial charge on any atom is -0.328 e. The van der Waals surface area contributed by atoms with Gasteiger partial charge in [0.2, 0.25) is 0 Å². The third-order valence-electron chi connectivity index (χ3n) is 4.89. The molecule has 154 valence electrons. The van der Waals surface area contributed by atoms with Gasteiger partial charge in [0.1, 0.15) is 6.04 Å². The lowest BCUT2D eigenvalue weighted by Crippen LogP contribution is -2.87. The number of hydrogen-bond donors (Lipinski definition) is 2. The van der Waals surface area contributed by atoms with Crippen LogP contribution < -0.4 is 10.6 Å². The highest BCUT2D eigenvalue weighted by Gasteiger charge is 2.20. The summed E-state index contributed by atoms with van der Waals surface area (Å²) in [6, 6.07) is 22.6. The molecule has 0 aliphatic carbocycles. The molecule has 1 aromatic heterocycles. The maximum atomic E-state index is 12.5. The van der Waals surface area contributed by atoms with Crippen molar-refractivity contribution in [3.8, 4) is 6.07 Å². The lowest BCUT2D eigenvalue weighted by atomic mass is 9.99. The molecule has 0 spiro atoms. The fraction of sp³-hybridized carbons (Fsp3) is 0.280. The van der Waals surface area contributed by atoms with Crippen LogP contribution in [0.2, 0.25) is 0 Å². The molecule has 3 N–H and O–H groups in total. The largest absolute Gasteiger partial charge is 0.328 e. The Balaban J connectivity index is 1.64. The zero-order valence-corrected chi connectivity index (χ0v) is 18.3. The van der Waals surface area contributed by atoms with Crippen LogP contribution in [0.25, 0.3) is 0 Å². The van der Waals surface area contributed by atoms with Crippen LogP contribution in [-0.4, -0.2) is 12.5 Å². The van der Waals surface area contributed by atoms with Gasteiger partial charge in [-0.3, -0.25) is 4.79 Å². The topological polar surface area (TPSA) is 69.5 Å². The maximum Gasteiger partial charge on any atom is 0.279 e. The van der Waals surface area contributed by atoms with Crippen LogP contribution in [0, 0.1) is 17.2 Å². The minimum atomic E-state index is -0.0407. The summed E-state index contributed by atoms with van der Waals surface area (Å²) in [6.45, 7) is 4.79. The molecule has 1 amide bonds. The average molecular weight is 419 g/mol.